The zero-order valence-corrected chi connectivity index (χ0v) is 18.5. The molecule has 7 heteroatoms. The molecule has 1 aromatic carbocycles. The highest BCUT2D eigenvalue weighted by Crippen LogP contribution is 2.46. The van der Waals surface area contributed by atoms with Crippen molar-refractivity contribution in [1.82, 2.24) is 4.90 Å². The highest BCUT2D eigenvalue weighted by Gasteiger charge is 2.33. The van der Waals surface area contributed by atoms with Crippen molar-refractivity contribution in [3.63, 3.8) is 0 Å². The molecule has 6 nitrogen and oxygen atoms in total. The van der Waals surface area contributed by atoms with Gasteiger partial charge in [0, 0.05) is 30.5 Å². The number of fused-ring (bicyclic) bond motifs is 1. The molecule has 2 N–H and O–H groups in total. The second-order valence-electron chi connectivity index (χ2n) is 7.85. The number of benzene rings is 1. The fourth-order valence-corrected chi connectivity index (χ4v) is 5.87. The lowest BCUT2D eigenvalue weighted by atomic mass is 9.88. The molecule has 2 heterocycles. The number of rotatable bonds is 6. The smallest absolute Gasteiger partial charge is 0.221 e. The minimum absolute atomic E-state index is 0.0198. The average molecular weight is 431 g/mol. The Kier molecular flexibility index (Phi) is 6.61. The van der Waals surface area contributed by atoms with Crippen LogP contribution in [0, 0.1) is 0 Å². The molecular weight excluding hydrogens is 400 g/mol. The molecule has 0 radical (unpaired) electrons. The number of phenolic OH excluding ortho intramolecular Hbond substituents is 1. The van der Waals surface area contributed by atoms with E-state index >= 15 is 0 Å². The quantitative estimate of drug-likeness (QED) is 0.722. The van der Waals surface area contributed by atoms with E-state index in [0.29, 0.717) is 25.6 Å². The van der Waals surface area contributed by atoms with Crippen LogP contribution in [0.5, 0.6) is 11.5 Å². The molecule has 2 aliphatic rings. The maximum absolute atomic E-state index is 12.0. The maximum atomic E-state index is 12.0. The molecule has 30 heavy (non-hydrogen) atoms. The largest absolute Gasteiger partial charge is 0.504 e. The first-order valence-electron chi connectivity index (χ1n) is 10.8. The van der Waals surface area contributed by atoms with Crippen molar-refractivity contribution in [3.8, 4) is 11.5 Å². The van der Waals surface area contributed by atoms with Crippen molar-refractivity contribution in [2.45, 2.75) is 45.6 Å². The molecule has 4 rings (SSSR count). The third kappa shape index (κ3) is 4.33. The number of thiophene rings is 1. The summed E-state index contributed by atoms with van der Waals surface area (Å²) in [7, 11) is 0. The van der Waals surface area contributed by atoms with Crippen molar-refractivity contribution in [3.05, 3.63) is 39.8 Å². The van der Waals surface area contributed by atoms with Gasteiger partial charge in [0.1, 0.15) is 5.00 Å². The second kappa shape index (κ2) is 9.37. The van der Waals surface area contributed by atoms with Gasteiger partial charge in [-0.25, -0.2) is 0 Å². The van der Waals surface area contributed by atoms with E-state index in [1.807, 2.05) is 19.1 Å². The Hall–Kier alpha value is -2.09. The Morgan fingerprint density at radius 1 is 1.30 bits per heavy atom. The Morgan fingerprint density at radius 2 is 2.07 bits per heavy atom. The number of carbonyl (C=O) groups is 1. The summed E-state index contributed by atoms with van der Waals surface area (Å²) in [5.41, 5.74) is 3.66. The molecule has 0 saturated carbocycles. The number of nitrogens with zero attached hydrogens (tertiary/aromatic N) is 1. The van der Waals surface area contributed by atoms with Crippen LogP contribution in [0.4, 0.5) is 5.00 Å². The van der Waals surface area contributed by atoms with Gasteiger partial charge >= 0.3 is 0 Å². The second-order valence-corrected chi connectivity index (χ2v) is 8.95. The monoisotopic (exact) mass is 430 g/mol. The van der Waals surface area contributed by atoms with E-state index in [9.17, 15) is 9.90 Å². The number of carbonyl (C=O) groups excluding carboxylic acids is 1. The Balaban J connectivity index is 1.86. The van der Waals surface area contributed by atoms with Crippen LogP contribution in [-0.4, -0.2) is 48.8 Å². The molecule has 1 aliphatic carbocycles. The van der Waals surface area contributed by atoms with Gasteiger partial charge < -0.3 is 19.9 Å². The molecule has 2 aromatic rings. The standard InChI is InChI=1S/C23H30N2O4S/c1-3-29-19-14-16(8-9-18(19)27)22(25-10-12-28-13-11-25)21-17-6-4-5-7-20(17)30-23(21)24-15(2)26/h8-9,14,22,27H,3-7,10-13H2,1-2H3,(H,24,26). The van der Waals surface area contributed by atoms with Crippen LogP contribution in [0.25, 0.3) is 0 Å². The molecule has 162 valence electrons. The number of phenols is 1. The van der Waals surface area contributed by atoms with Crippen LogP contribution >= 0.6 is 11.3 Å². The van der Waals surface area contributed by atoms with Crippen LogP contribution in [0.3, 0.4) is 0 Å². The van der Waals surface area contributed by atoms with E-state index in [2.05, 4.69) is 10.2 Å². The van der Waals surface area contributed by atoms with Crippen LogP contribution in [-0.2, 0) is 22.4 Å². The zero-order chi connectivity index (χ0) is 21.1. The lowest BCUT2D eigenvalue weighted by Crippen LogP contribution is -2.40. The summed E-state index contributed by atoms with van der Waals surface area (Å²) >= 11 is 1.72. The van der Waals surface area contributed by atoms with Crippen molar-refractivity contribution in [1.29, 1.82) is 0 Å². The van der Waals surface area contributed by atoms with E-state index in [1.165, 1.54) is 28.8 Å². The first kappa shape index (κ1) is 21.2. The average Bonchev–Trinajstić information content (AvgIpc) is 3.09. The van der Waals surface area contributed by atoms with Gasteiger partial charge in [-0.05, 0) is 55.9 Å². The molecule has 0 spiro atoms. The van der Waals surface area contributed by atoms with Crippen LogP contribution < -0.4 is 10.1 Å². The molecule has 1 fully saturated rings. The Morgan fingerprint density at radius 3 is 2.80 bits per heavy atom. The summed E-state index contributed by atoms with van der Waals surface area (Å²) in [5, 5.41) is 14.3. The number of anilines is 1. The number of amides is 1. The highest BCUT2D eigenvalue weighted by atomic mass is 32.1. The Labute approximate surface area is 181 Å². The number of hydrogen-bond donors (Lipinski definition) is 2. The van der Waals surface area contributed by atoms with Crippen LogP contribution in [0.15, 0.2) is 18.2 Å². The van der Waals surface area contributed by atoms with Gasteiger partial charge in [-0.2, -0.15) is 0 Å². The zero-order valence-electron chi connectivity index (χ0n) is 17.7. The minimum atomic E-state index is -0.0451. The molecule has 1 aliphatic heterocycles. The van der Waals surface area contributed by atoms with Crippen molar-refractivity contribution >= 4 is 22.2 Å². The number of hydrogen-bond acceptors (Lipinski definition) is 6. The van der Waals surface area contributed by atoms with E-state index in [0.717, 1.165) is 36.5 Å². The topological polar surface area (TPSA) is 71.0 Å². The predicted octanol–water partition coefficient (Wildman–Crippen LogP) is 4.11. The van der Waals surface area contributed by atoms with Crippen molar-refractivity contribution in [2.75, 3.05) is 38.2 Å². The molecule has 1 amide bonds. The van der Waals surface area contributed by atoms with E-state index in [4.69, 9.17) is 9.47 Å². The van der Waals surface area contributed by atoms with Crippen LogP contribution in [0.2, 0.25) is 0 Å². The van der Waals surface area contributed by atoms with Gasteiger partial charge in [0.25, 0.3) is 0 Å². The van der Waals surface area contributed by atoms with Gasteiger partial charge in [0.05, 0.1) is 25.9 Å². The number of aromatic hydroxyl groups is 1. The van der Waals surface area contributed by atoms with Gasteiger partial charge in [0.15, 0.2) is 11.5 Å². The summed E-state index contributed by atoms with van der Waals surface area (Å²) < 4.78 is 11.3. The molecule has 1 atom stereocenters. The van der Waals surface area contributed by atoms with E-state index in [-0.39, 0.29) is 17.7 Å². The fraction of sp³-hybridized carbons (Fsp3) is 0.522. The van der Waals surface area contributed by atoms with Crippen LogP contribution in [0.1, 0.15) is 54.3 Å². The van der Waals surface area contributed by atoms with E-state index in [1.54, 1.807) is 24.3 Å². The first-order valence-corrected chi connectivity index (χ1v) is 11.6. The van der Waals surface area contributed by atoms with Gasteiger partial charge in [-0.15, -0.1) is 11.3 Å². The van der Waals surface area contributed by atoms with Gasteiger partial charge in [-0.1, -0.05) is 6.07 Å². The lowest BCUT2D eigenvalue weighted by Gasteiger charge is -2.36. The lowest BCUT2D eigenvalue weighted by molar-refractivity contribution is -0.114. The fourth-order valence-electron chi connectivity index (χ4n) is 4.50. The predicted molar refractivity (Wildman–Crippen MR) is 119 cm³/mol. The normalized spacial score (nSPS) is 17.9. The van der Waals surface area contributed by atoms with E-state index < -0.39 is 0 Å². The number of morpholine rings is 1. The molecular formula is C23H30N2O4S. The summed E-state index contributed by atoms with van der Waals surface area (Å²) in [4.78, 5) is 15.8. The molecule has 1 aromatic heterocycles. The number of aryl methyl sites for hydroxylation is 1. The molecule has 1 saturated heterocycles. The highest BCUT2D eigenvalue weighted by molar-refractivity contribution is 7.16. The maximum Gasteiger partial charge on any atom is 0.221 e. The van der Waals surface area contributed by atoms with Crippen molar-refractivity contribution < 1.29 is 19.4 Å². The third-order valence-corrected chi connectivity index (χ3v) is 7.01. The first-order chi connectivity index (χ1) is 14.6. The number of ether oxygens (including phenoxy) is 2. The minimum Gasteiger partial charge on any atom is -0.504 e. The van der Waals surface area contributed by atoms with Gasteiger partial charge in [-0.3, -0.25) is 9.69 Å². The molecule has 0 bridgehead atoms. The molecule has 1 unspecified atom stereocenters. The number of nitrogens with one attached hydrogen (secondary N) is 1. The van der Waals surface area contributed by atoms with Crippen molar-refractivity contribution in [2.24, 2.45) is 0 Å². The summed E-state index contributed by atoms with van der Waals surface area (Å²) in [6.07, 6.45) is 4.48. The Bertz CT molecular complexity index is 905. The third-order valence-electron chi connectivity index (χ3n) is 5.79. The summed E-state index contributed by atoms with van der Waals surface area (Å²) in [6.45, 7) is 6.99. The van der Waals surface area contributed by atoms with Gasteiger partial charge in [0.2, 0.25) is 5.91 Å². The summed E-state index contributed by atoms with van der Waals surface area (Å²) in [5.74, 6) is 0.602. The summed E-state index contributed by atoms with van der Waals surface area (Å²) in [6, 6.07) is 5.62. The SMILES string of the molecule is CCOc1cc(C(c2c(NC(C)=O)sc3c2CCCC3)N2CCOCC2)ccc1O.